The number of anilines is 1. The van der Waals surface area contributed by atoms with Gasteiger partial charge in [-0.05, 0) is 31.4 Å². The molecule has 2 fully saturated rings. The molecule has 3 rings (SSSR count). The molecular weight excluding hydrogens is 261 g/mol. The molecule has 1 aliphatic heterocycles. The summed E-state index contributed by atoms with van der Waals surface area (Å²) in [4.78, 5) is 2.62. The van der Waals surface area contributed by atoms with Crippen LogP contribution in [0.2, 0.25) is 0 Å². The maximum absolute atomic E-state index is 13.8. The third-order valence-electron chi connectivity index (χ3n) is 3.90. The second-order valence-electron chi connectivity index (χ2n) is 5.38. The number of nitrogens with two attached hydrogens (primary N) is 1. The summed E-state index contributed by atoms with van der Waals surface area (Å²) in [5.41, 5.74) is 6.67. The molecule has 5 heteroatoms. The number of hydrogen-bond donors (Lipinski definition) is 2. The van der Waals surface area contributed by atoms with Crippen LogP contribution in [0.15, 0.2) is 18.2 Å². The van der Waals surface area contributed by atoms with Crippen LogP contribution < -0.4 is 11.1 Å². The van der Waals surface area contributed by atoms with Crippen molar-refractivity contribution in [3.63, 3.8) is 0 Å². The van der Waals surface area contributed by atoms with Crippen molar-refractivity contribution < 1.29 is 4.39 Å². The van der Waals surface area contributed by atoms with Gasteiger partial charge < -0.3 is 11.1 Å². The Labute approximate surface area is 118 Å². The van der Waals surface area contributed by atoms with Gasteiger partial charge in [-0.25, -0.2) is 4.39 Å². The third-order valence-corrected chi connectivity index (χ3v) is 4.11. The number of likely N-dealkylation sites (tertiary alicyclic amines) is 1. The molecule has 3 nitrogen and oxygen atoms in total. The van der Waals surface area contributed by atoms with E-state index in [1.807, 2.05) is 6.07 Å². The molecular formula is C14H18FN3S. The van der Waals surface area contributed by atoms with Gasteiger partial charge in [-0.3, -0.25) is 4.90 Å². The fourth-order valence-corrected chi connectivity index (χ4v) is 3.00. The zero-order valence-electron chi connectivity index (χ0n) is 10.7. The van der Waals surface area contributed by atoms with Gasteiger partial charge in [-0.2, -0.15) is 0 Å². The van der Waals surface area contributed by atoms with Crippen LogP contribution in [0, 0.1) is 5.82 Å². The summed E-state index contributed by atoms with van der Waals surface area (Å²) in [6.07, 6.45) is 3.74. The van der Waals surface area contributed by atoms with E-state index in [-0.39, 0.29) is 10.8 Å². The van der Waals surface area contributed by atoms with E-state index >= 15 is 0 Å². The quantitative estimate of drug-likeness (QED) is 0.828. The van der Waals surface area contributed by atoms with Crippen molar-refractivity contribution in [2.45, 2.75) is 31.3 Å². The molecule has 0 aromatic heterocycles. The average Bonchev–Trinajstić information content (AvgIpc) is 3.10. The van der Waals surface area contributed by atoms with Crippen molar-refractivity contribution in [2.75, 3.05) is 18.4 Å². The Morgan fingerprint density at radius 3 is 2.84 bits per heavy atom. The highest BCUT2D eigenvalue weighted by molar-refractivity contribution is 7.80. The first kappa shape index (κ1) is 12.8. The lowest BCUT2D eigenvalue weighted by Gasteiger charge is -2.18. The van der Waals surface area contributed by atoms with Crippen molar-refractivity contribution in [2.24, 2.45) is 5.73 Å². The maximum Gasteiger partial charge on any atom is 0.135 e. The monoisotopic (exact) mass is 279 g/mol. The summed E-state index contributed by atoms with van der Waals surface area (Å²) in [6, 6.07) is 6.07. The Morgan fingerprint density at radius 2 is 2.16 bits per heavy atom. The number of thiocarbonyl (C=S) groups is 1. The Morgan fingerprint density at radius 1 is 1.37 bits per heavy atom. The van der Waals surface area contributed by atoms with Crippen LogP contribution in [0.4, 0.5) is 10.1 Å². The number of halogens is 1. The predicted octanol–water partition coefficient (Wildman–Crippen LogP) is 2.11. The molecule has 102 valence electrons. The van der Waals surface area contributed by atoms with Crippen LogP contribution in [-0.2, 0) is 0 Å². The predicted molar refractivity (Wildman–Crippen MR) is 78.9 cm³/mol. The Kier molecular flexibility index (Phi) is 3.41. The van der Waals surface area contributed by atoms with E-state index in [1.54, 1.807) is 6.07 Å². The molecule has 1 heterocycles. The van der Waals surface area contributed by atoms with Crippen LogP contribution in [-0.4, -0.2) is 35.1 Å². The van der Waals surface area contributed by atoms with Gasteiger partial charge in [-0.1, -0.05) is 18.3 Å². The molecule has 3 N–H and O–H groups in total. The lowest BCUT2D eigenvalue weighted by atomic mass is 10.1. The highest BCUT2D eigenvalue weighted by atomic mass is 32.1. The van der Waals surface area contributed by atoms with Gasteiger partial charge in [0.1, 0.15) is 10.8 Å². The zero-order valence-corrected chi connectivity index (χ0v) is 11.5. The van der Waals surface area contributed by atoms with Gasteiger partial charge in [0, 0.05) is 30.9 Å². The van der Waals surface area contributed by atoms with E-state index in [0.29, 0.717) is 11.6 Å². The molecule has 19 heavy (non-hydrogen) atoms. The smallest absolute Gasteiger partial charge is 0.135 e. The van der Waals surface area contributed by atoms with Gasteiger partial charge in [0.25, 0.3) is 0 Å². The Balaban J connectivity index is 1.73. The molecule has 1 aromatic rings. The highest BCUT2D eigenvalue weighted by Gasteiger charge is 2.34. The fourth-order valence-electron chi connectivity index (χ4n) is 2.79. The van der Waals surface area contributed by atoms with Gasteiger partial charge >= 0.3 is 0 Å². The van der Waals surface area contributed by atoms with E-state index in [2.05, 4.69) is 10.2 Å². The molecule has 1 aromatic carbocycles. The van der Waals surface area contributed by atoms with Gasteiger partial charge in [0.15, 0.2) is 0 Å². The lowest BCUT2D eigenvalue weighted by molar-refractivity contribution is 0.326. The second kappa shape index (κ2) is 5.06. The molecule has 1 atom stereocenters. The molecule has 1 saturated heterocycles. The largest absolute Gasteiger partial charge is 0.389 e. The molecule has 0 spiro atoms. The first-order valence-electron chi connectivity index (χ1n) is 6.74. The van der Waals surface area contributed by atoms with Crippen LogP contribution in [0.25, 0.3) is 0 Å². The first-order valence-corrected chi connectivity index (χ1v) is 7.15. The standard InChI is InChI=1S/C14H18FN3S/c15-11-2-1-3-12(13(11)14(16)19)17-9-6-7-18(8-9)10-4-5-10/h1-3,9-10,17H,4-8H2,(H2,16,19). The van der Waals surface area contributed by atoms with Crippen molar-refractivity contribution in [1.82, 2.24) is 4.90 Å². The fraction of sp³-hybridized carbons (Fsp3) is 0.500. The molecule has 1 saturated carbocycles. The topological polar surface area (TPSA) is 41.3 Å². The number of nitrogens with one attached hydrogen (secondary N) is 1. The summed E-state index contributed by atoms with van der Waals surface area (Å²) >= 11 is 4.94. The summed E-state index contributed by atoms with van der Waals surface area (Å²) in [5, 5.41) is 3.40. The maximum atomic E-state index is 13.8. The minimum absolute atomic E-state index is 0.109. The third kappa shape index (κ3) is 2.72. The highest BCUT2D eigenvalue weighted by Crippen LogP contribution is 2.31. The van der Waals surface area contributed by atoms with E-state index < -0.39 is 0 Å². The van der Waals surface area contributed by atoms with Crippen molar-refractivity contribution in [3.8, 4) is 0 Å². The molecule has 0 bridgehead atoms. The van der Waals surface area contributed by atoms with Crippen LogP contribution in [0.1, 0.15) is 24.8 Å². The average molecular weight is 279 g/mol. The van der Waals surface area contributed by atoms with Crippen LogP contribution >= 0.6 is 12.2 Å². The van der Waals surface area contributed by atoms with Crippen molar-refractivity contribution in [1.29, 1.82) is 0 Å². The number of rotatable bonds is 4. The first-order chi connectivity index (χ1) is 9.15. The molecule has 1 unspecified atom stereocenters. The summed E-state index contributed by atoms with van der Waals surface area (Å²) in [6.45, 7) is 2.15. The normalized spacial score (nSPS) is 23.5. The Hall–Kier alpha value is -1.20. The van der Waals surface area contributed by atoms with E-state index in [4.69, 9.17) is 18.0 Å². The van der Waals surface area contributed by atoms with Gasteiger partial charge in [-0.15, -0.1) is 0 Å². The van der Waals surface area contributed by atoms with E-state index in [0.717, 1.165) is 31.2 Å². The van der Waals surface area contributed by atoms with Gasteiger partial charge in [0.2, 0.25) is 0 Å². The Bertz CT molecular complexity index is 501. The van der Waals surface area contributed by atoms with Crippen LogP contribution in [0.3, 0.4) is 0 Å². The van der Waals surface area contributed by atoms with Gasteiger partial charge in [0.05, 0.1) is 5.56 Å². The number of benzene rings is 1. The summed E-state index contributed by atoms with van der Waals surface area (Å²) in [7, 11) is 0. The summed E-state index contributed by atoms with van der Waals surface area (Å²) in [5.74, 6) is -0.352. The second-order valence-corrected chi connectivity index (χ2v) is 5.82. The lowest BCUT2D eigenvalue weighted by Crippen LogP contribution is -2.28. The van der Waals surface area contributed by atoms with Crippen molar-refractivity contribution >= 4 is 22.9 Å². The number of hydrogen-bond acceptors (Lipinski definition) is 3. The molecule has 2 aliphatic rings. The molecule has 0 radical (unpaired) electrons. The number of nitrogens with zero attached hydrogens (tertiary/aromatic N) is 1. The van der Waals surface area contributed by atoms with E-state index in [1.165, 1.54) is 18.9 Å². The summed E-state index contributed by atoms with van der Waals surface area (Å²) < 4.78 is 13.8. The van der Waals surface area contributed by atoms with Crippen molar-refractivity contribution in [3.05, 3.63) is 29.6 Å². The zero-order chi connectivity index (χ0) is 13.4. The minimum atomic E-state index is -0.352. The molecule has 0 amide bonds. The van der Waals surface area contributed by atoms with E-state index in [9.17, 15) is 4.39 Å². The SMILES string of the molecule is NC(=S)c1c(F)cccc1NC1CCN(C2CC2)C1. The minimum Gasteiger partial charge on any atom is -0.389 e. The van der Waals surface area contributed by atoms with Crippen LogP contribution in [0.5, 0.6) is 0 Å². The molecule has 1 aliphatic carbocycles.